The van der Waals surface area contributed by atoms with Gasteiger partial charge in [0.1, 0.15) is 0 Å². The van der Waals surface area contributed by atoms with Crippen LogP contribution in [0.25, 0.3) is 21.5 Å². The number of halogens is 2. The molecule has 2 saturated heterocycles. The number of quaternary nitrogens is 1. The van der Waals surface area contributed by atoms with E-state index in [2.05, 4.69) is 112 Å². The van der Waals surface area contributed by atoms with Crippen LogP contribution in [0.3, 0.4) is 0 Å². The van der Waals surface area contributed by atoms with Crippen LogP contribution in [0.1, 0.15) is 113 Å². The number of rotatable bonds is 7. The van der Waals surface area contributed by atoms with Gasteiger partial charge in [0.05, 0.1) is 0 Å². The monoisotopic (exact) mass is 878 g/mol. The zero-order chi connectivity index (χ0) is 39.5. The van der Waals surface area contributed by atoms with Gasteiger partial charge in [-0.3, -0.25) is 0 Å². The molecule has 3 unspecified atom stereocenters. The third-order valence-corrected chi connectivity index (χ3v) is 15.1. The average Bonchev–Trinajstić information content (AvgIpc) is 3.87. The Hall–Kier alpha value is -3.28. The van der Waals surface area contributed by atoms with Gasteiger partial charge in [0.25, 0.3) is 0 Å². The molecule has 8 heteroatoms. The Morgan fingerprint density at radius 2 is 1.45 bits per heavy atom. The average molecular weight is 879 g/mol. The van der Waals surface area contributed by atoms with Crippen molar-refractivity contribution in [2.75, 3.05) is 42.6 Å². The molecule has 0 N–H and O–H groups in total. The van der Waals surface area contributed by atoms with Crippen LogP contribution in [-0.2, 0) is 23.7 Å². The topological polar surface area (TPSA) is 32.8 Å². The van der Waals surface area contributed by atoms with Gasteiger partial charge in [0.2, 0.25) is 0 Å². The summed E-state index contributed by atoms with van der Waals surface area (Å²) in [5.74, 6) is 1.56. The number of anilines is 2. The van der Waals surface area contributed by atoms with Gasteiger partial charge in [-0.25, -0.2) is 0 Å². The van der Waals surface area contributed by atoms with Gasteiger partial charge >= 0.3 is 203 Å². The number of hydrogen-bond donors (Lipinski definition) is 0. The minimum atomic E-state index is -2.09. The number of ether oxygens (including phenoxy) is 1. The van der Waals surface area contributed by atoms with Crippen LogP contribution in [0.5, 0.6) is 5.75 Å². The van der Waals surface area contributed by atoms with E-state index in [1.54, 1.807) is 0 Å². The molecule has 0 aliphatic carbocycles. The first-order chi connectivity index (χ1) is 26.8. The molecule has 56 heavy (non-hydrogen) atoms. The van der Waals surface area contributed by atoms with Crippen molar-refractivity contribution in [3.63, 3.8) is 0 Å². The van der Waals surface area contributed by atoms with E-state index in [9.17, 15) is 0 Å². The molecule has 3 aliphatic rings. The first kappa shape index (κ1) is 39.5. The summed E-state index contributed by atoms with van der Waals surface area (Å²) < 4.78 is 8.80. The second-order valence-electron chi connectivity index (χ2n) is 17.5. The van der Waals surface area contributed by atoms with Crippen LogP contribution in [0, 0.1) is 0 Å². The second-order valence-corrected chi connectivity index (χ2v) is 23.3. The summed E-state index contributed by atoms with van der Waals surface area (Å²) >= 11 is -2.09. The molecule has 8 rings (SSSR count). The summed E-state index contributed by atoms with van der Waals surface area (Å²) in [7, 11) is 12.6. The van der Waals surface area contributed by atoms with E-state index in [1.807, 2.05) is 35.8 Å². The number of likely N-dealkylation sites (tertiary alicyclic amines) is 1. The van der Waals surface area contributed by atoms with E-state index in [0.29, 0.717) is 22.1 Å². The third kappa shape index (κ3) is 7.12. The van der Waals surface area contributed by atoms with E-state index >= 15 is 4.79 Å². The van der Waals surface area contributed by atoms with Crippen molar-refractivity contribution in [2.45, 2.75) is 97.1 Å². The van der Waals surface area contributed by atoms with Crippen LogP contribution < -0.4 is 14.5 Å². The molecule has 5 nitrogen and oxygen atoms in total. The van der Waals surface area contributed by atoms with Crippen molar-refractivity contribution >= 4 is 62.8 Å². The molecule has 0 saturated carbocycles. The normalized spacial score (nSPS) is 20.1. The molecule has 296 valence electrons. The molecule has 0 aromatic heterocycles. The number of nitrogens with zero attached hydrogens (tertiary/aromatic N) is 3. The quantitative estimate of drug-likeness (QED) is 0.120. The molecule has 5 aromatic rings. The zero-order valence-electron chi connectivity index (χ0n) is 33.9. The molecule has 0 spiro atoms. The summed E-state index contributed by atoms with van der Waals surface area (Å²) in [4.78, 5) is 20.3. The maximum atomic E-state index is 15.0. The van der Waals surface area contributed by atoms with Crippen molar-refractivity contribution in [3.8, 4) is 5.75 Å². The Balaban J connectivity index is 1.27. The Labute approximate surface area is 346 Å². The minimum absolute atomic E-state index is 0.0556. The number of benzene rings is 5. The van der Waals surface area contributed by atoms with Crippen LogP contribution >= 0.6 is 19.4 Å². The molecule has 2 fully saturated rings. The van der Waals surface area contributed by atoms with Crippen molar-refractivity contribution in [2.24, 2.45) is 0 Å². The van der Waals surface area contributed by atoms with Crippen molar-refractivity contribution in [1.29, 1.82) is 0 Å². The van der Waals surface area contributed by atoms with E-state index in [-0.39, 0.29) is 17.4 Å². The first-order valence-corrected chi connectivity index (χ1v) is 25.9. The van der Waals surface area contributed by atoms with Gasteiger partial charge in [0, 0.05) is 17.6 Å². The van der Waals surface area contributed by atoms with Crippen molar-refractivity contribution < 1.29 is 27.5 Å². The molecule has 6 bridgehead atoms. The summed E-state index contributed by atoms with van der Waals surface area (Å²) in [6.45, 7) is 20.3. The van der Waals surface area contributed by atoms with E-state index in [4.69, 9.17) is 24.1 Å². The summed E-state index contributed by atoms with van der Waals surface area (Å²) in [6.07, 6.45) is 2.41. The third-order valence-electron chi connectivity index (χ3n) is 13.2. The number of carbonyl (C=O) groups excluding carboxylic acids is 1. The fraction of sp³-hybridized carbons (Fsp3) is 0.417. The summed E-state index contributed by atoms with van der Waals surface area (Å²) in [6, 6.07) is 31.4. The fourth-order valence-corrected chi connectivity index (χ4v) is 12.0. The van der Waals surface area contributed by atoms with Gasteiger partial charge in [0.15, 0.2) is 0 Å². The van der Waals surface area contributed by atoms with Crippen LogP contribution in [0.2, 0.25) is 0 Å². The Morgan fingerprint density at radius 3 is 2.12 bits per heavy atom. The number of amides is 1. The Kier molecular flexibility index (Phi) is 10.9. The van der Waals surface area contributed by atoms with E-state index in [1.165, 1.54) is 55.2 Å². The predicted molar refractivity (Wildman–Crippen MR) is 234 cm³/mol. The Morgan fingerprint density at radius 1 is 0.839 bits per heavy atom. The fourth-order valence-electron chi connectivity index (χ4n) is 10.2. The van der Waals surface area contributed by atoms with Crippen molar-refractivity contribution in [3.05, 3.63) is 113 Å². The van der Waals surface area contributed by atoms with Gasteiger partial charge < -0.3 is 4.90 Å². The predicted octanol–water partition coefficient (Wildman–Crippen LogP) is 11.9. The maximum absolute atomic E-state index is 15.0. The second kappa shape index (κ2) is 15.5. The molecular weight excluding hydrogens is 823 g/mol. The molecule has 3 atom stereocenters. The SMILES string of the molecule is CC(Oc1ccccc1[CH]=[Ru]([Cl])[Cl])C(=O)[N+]1(C(C)c2ccc3ccc4cc3c2N2CCN(C2)c2c(C(C)C)ccc3ccc(cc23)C(C)CC4(C)C)CCCC1. The number of carbonyl (C=O) groups is 1. The molecule has 3 heterocycles. The van der Waals surface area contributed by atoms with E-state index < -0.39 is 19.6 Å². The summed E-state index contributed by atoms with van der Waals surface area (Å²) in [5.41, 5.74) is 8.86. The van der Waals surface area contributed by atoms with E-state index in [0.717, 1.165) is 57.7 Å². The van der Waals surface area contributed by atoms with Crippen molar-refractivity contribution in [1.82, 2.24) is 0 Å². The number of fused-ring (bicyclic) bond motifs is 6. The number of para-hydroxylation sites is 1. The van der Waals surface area contributed by atoms with Crippen LogP contribution in [0.15, 0.2) is 84.9 Å². The standard InChI is InChI=1S/C48H56N3O2.2ClH.Ru/c1-31(2)40-21-18-36-15-16-38-27-42(36)45(40)49-23-24-50(30-49)46-41(22-19-37-17-20-39(28-43(37)46)48(7,8)29-33(38)4)34(5)51(25-11-12-26-51)47(52)35(6)53-44-14-10-9-13-32(44)3;;;/h3,9-10,13-22,27-28,31,33-35H,11-12,23-26,29-30H2,1-2,4-8H3;2*1H;/q+1;;;+2/p-2. The van der Waals surface area contributed by atoms with Gasteiger partial charge in [-0.1, -0.05) is 71.0 Å². The summed E-state index contributed by atoms with van der Waals surface area (Å²) in [5, 5.41) is 5.19. The van der Waals surface area contributed by atoms with Gasteiger partial charge in [-0.15, -0.1) is 0 Å². The molecule has 1 amide bonds. The van der Waals surface area contributed by atoms with Crippen LogP contribution in [0.4, 0.5) is 11.4 Å². The molecule has 5 aromatic carbocycles. The molecule has 3 aliphatic heterocycles. The van der Waals surface area contributed by atoms with Gasteiger partial charge in [-0.2, -0.15) is 0 Å². The molecular formula is C48H56Cl2N3O2Ru+. The Bertz CT molecular complexity index is 2340. The van der Waals surface area contributed by atoms with Crippen LogP contribution in [-0.4, -0.2) is 54.0 Å². The zero-order valence-corrected chi connectivity index (χ0v) is 37.1. The molecule has 0 radical (unpaired) electrons. The van der Waals surface area contributed by atoms with Gasteiger partial charge in [-0.05, 0) is 51.8 Å². The number of hydrogen-bond acceptors (Lipinski definition) is 4. The first-order valence-electron chi connectivity index (χ1n) is 20.4.